The molecule has 0 unspecified atom stereocenters. The van der Waals surface area contributed by atoms with Gasteiger partial charge in [-0.25, -0.2) is 9.48 Å². The summed E-state index contributed by atoms with van der Waals surface area (Å²) in [5, 5.41) is 16.8. The second kappa shape index (κ2) is 9.36. The number of benzene rings is 3. The van der Waals surface area contributed by atoms with E-state index < -0.39 is 6.09 Å². The molecule has 0 saturated heterocycles. The van der Waals surface area contributed by atoms with Gasteiger partial charge >= 0.3 is 6.09 Å². The monoisotopic (exact) mass is 551 g/mol. The van der Waals surface area contributed by atoms with Gasteiger partial charge in [0.25, 0.3) is 0 Å². The molecule has 6 nitrogen and oxygen atoms in total. The normalized spacial score (nSPS) is 12.3. The Hall–Kier alpha value is -3.17. The van der Waals surface area contributed by atoms with Crippen molar-refractivity contribution in [3.63, 3.8) is 0 Å². The molecule has 0 fully saturated rings. The van der Waals surface area contributed by atoms with Gasteiger partial charge in [-0.2, -0.15) is 5.10 Å². The van der Waals surface area contributed by atoms with Crippen LogP contribution in [-0.4, -0.2) is 34.2 Å². The first-order chi connectivity index (χ1) is 16.1. The maximum absolute atomic E-state index is 12.7. The molecule has 0 aliphatic heterocycles. The zero-order valence-electron chi connectivity index (χ0n) is 17.7. The molecule has 0 spiro atoms. The van der Waals surface area contributed by atoms with Crippen LogP contribution in [0.3, 0.4) is 0 Å². The summed E-state index contributed by atoms with van der Waals surface area (Å²) in [7, 11) is 0. The number of fused-ring (bicyclic) bond motifs is 3. The maximum Gasteiger partial charge on any atom is 0.412 e. The van der Waals surface area contributed by atoms with Crippen molar-refractivity contribution in [3.05, 3.63) is 93.6 Å². The fourth-order valence-corrected chi connectivity index (χ4v) is 4.64. The van der Waals surface area contributed by atoms with Gasteiger partial charge < -0.3 is 9.84 Å². The second-order valence-corrected chi connectivity index (χ2v) is 9.06. The fourth-order valence-electron chi connectivity index (χ4n) is 4.28. The number of carbonyl (C=O) groups excluding carboxylic acids is 1. The fraction of sp³-hybridized carbons (Fsp3) is 0.154. The molecule has 0 atom stereocenters. The number of hydrogen-bond donors (Lipinski definition) is 2. The van der Waals surface area contributed by atoms with Crippen molar-refractivity contribution in [3.8, 4) is 22.4 Å². The van der Waals surface area contributed by atoms with E-state index in [1.54, 1.807) is 10.7 Å². The first-order valence-electron chi connectivity index (χ1n) is 10.7. The van der Waals surface area contributed by atoms with Crippen molar-refractivity contribution in [2.45, 2.75) is 12.5 Å². The lowest BCUT2D eigenvalue weighted by atomic mass is 9.98. The van der Waals surface area contributed by atoms with Gasteiger partial charge in [0.2, 0.25) is 0 Å². The maximum atomic E-state index is 12.7. The average molecular weight is 551 g/mol. The van der Waals surface area contributed by atoms with Crippen LogP contribution in [0, 0.1) is 3.57 Å². The van der Waals surface area contributed by atoms with Crippen LogP contribution >= 0.6 is 22.6 Å². The predicted molar refractivity (Wildman–Crippen MR) is 136 cm³/mol. The van der Waals surface area contributed by atoms with Crippen molar-refractivity contribution in [1.29, 1.82) is 0 Å². The molecule has 1 aliphatic rings. The van der Waals surface area contributed by atoms with Crippen LogP contribution in [0.4, 0.5) is 10.6 Å². The molecule has 5 rings (SSSR count). The Morgan fingerprint density at radius 3 is 2.27 bits per heavy atom. The number of nitrogens with zero attached hydrogens (tertiary/aromatic N) is 2. The molecule has 4 aromatic rings. The Morgan fingerprint density at radius 2 is 1.64 bits per heavy atom. The lowest BCUT2D eigenvalue weighted by molar-refractivity contribution is 0.158. The van der Waals surface area contributed by atoms with Crippen LogP contribution in [0.25, 0.3) is 22.4 Å². The molecule has 1 heterocycles. The van der Waals surface area contributed by atoms with Gasteiger partial charge in [-0.1, -0.05) is 60.7 Å². The highest BCUT2D eigenvalue weighted by Gasteiger charge is 2.29. The molecule has 0 radical (unpaired) electrons. The Kier molecular flexibility index (Phi) is 6.15. The lowest BCUT2D eigenvalue weighted by Crippen LogP contribution is -2.20. The second-order valence-electron chi connectivity index (χ2n) is 7.82. The van der Waals surface area contributed by atoms with Crippen LogP contribution in [0.2, 0.25) is 0 Å². The Labute approximate surface area is 205 Å². The van der Waals surface area contributed by atoms with Crippen molar-refractivity contribution < 1.29 is 14.6 Å². The molecule has 1 aliphatic carbocycles. The summed E-state index contributed by atoms with van der Waals surface area (Å²) in [6.07, 6.45) is -0.551. The number of rotatable bonds is 6. The standard InChI is InChI=1S/C26H22IN3O3/c27-18-11-9-17(10-12-18)24-15-25(30(29-24)13-14-31)28-26(32)33-16-23-21-7-3-1-5-19(21)20-6-2-4-8-22(20)23/h1-12,15,23,31H,13-14,16H2,(H,28,32). The molecule has 0 bridgehead atoms. The summed E-state index contributed by atoms with van der Waals surface area (Å²) in [4.78, 5) is 12.7. The van der Waals surface area contributed by atoms with E-state index in [1.807, 2.05) is 48.5 Å². The molecule has 1 amide bonds. The van der Waals surface area contributed by atoms with E-state index in [0.717, 1.165) is 20.3 Å². The summed E-state index contributed by atoms with van der Waals surface area (Å²) in [5.74, 6) is 0.475. The van der Waals surface area contributed by atoms with Crippen molar-refractivity contribution in [2.75, 3.05) is 18.5 Å². The van der Waals surface area contributed by atoms with Crippen molar-refractivity contribution in [2.24, 2.45) is 0 Å². The zero-order chi connectivity index (χ0) is 22.8. The summed E-state index contributed by atoms with van der Waals surface area (Å²) in [5.41, 5.74) is 6.35. The van der Waals surface area contributed by atoms with Crippen LogP contribution in [0.15, 0.2) is 78.9 Å². The number of hydrogen-bond acceptors (Lipinski definition) is 4. The smallest absolute Gasteiger partial charge is 0.412 e. The number of halogens is 1. The lowest BCUT2D eigenvalue weighted by Gasteiger charge is -2.15. The van der Waals surface area contributed by atoms with Gasteiger partial charge in [0.15, 0.2) is 0 Å². The molecule has 1 aromatic heterocycles. The number of carbonyl (C=O) groups is 1. The summed E-state index contributed by atoms with van der Waals surface area (Å²) in [6, 6.07) is 26.2. The zero-order valence-corrected chi connectivity index (χ0v) is 19.9. The molecule has 33 heavy (non-hydrogen) atoms. The first-order valence-corrected chi connectivity index (χ1v) is 11.8. The van der Waals surface area contributed by atoms with Crippen LogP contribution < -0.4 is 5.32 Å². The third-order valence-electron chi connectivity index (χ3n) is 5.81. The van der Waals surface area contributed by atoms with E-state index in [4.69, 9.17) is 4.74 Å². The topological polar surface area (TPSA) is 76.4 Å². The highest BCUT2D eigenvalue weighted by Crippen LogP contribution is 2.44. The molecular weight excluding hydrogens is 529 g/mol. The Morgan fingerprint density at radius 1 is 1.00 bits per heavy atom. The van der Waals surface area contributed by atoms with Crippen LogP contribution in [0.5, 0.6) is 0 Å². The molecule has 0 saturated carbocycles. The first kappa shape index (κ1) is 21.7. The number of amides is 1. The van der Waals surface area contributed by atoms with E-state index >= 15 is 0 Å². The molecular formula is C26H22IN3O3. The minimum absolute atomic E-state index is 0.00662. The van der Waals surface area contributed by atoms with Gasteiger partial charge in [0, 0.05) is 21.1 Å². The Balaban J connectivity index is 1.32. The number of ether oxygens (including phenoxy) is 1. The van der Waals surface area contributed by atoms with Crippen molar-refractivity contribution in [1.82, 2.24) is 9.78 Å². The number of aromatic nitrogens is 2. The SMILES string of the molecule is O=C(Nc1cc(-c2ccc(I)cc2)nn1CCO)OCC1c2ccccc2-c2ccccc21. The summed E-state index contributed by atoms with van der Waals surface area (Å²) >= 11 is 2.25. The van der Waals surface area contributed by atoms with E-state index in [-0.39, 0.29) is 25.7 Å². The number of nitrogens with one attached hydrogen (secondary N) is 1. The largest absolute Gasteiger partial charge is 0.448 e. The number of anilines is 1. The van der Waals surface area contributed by atoms with Gasteiger partial charge in [0.1, 0.15) is 12.4 Å². The molecule has 166 valence electrons. The van der Waals surface area contributed by atoms with E-state index in [2.05, 4.69) is 57.3 Å². The van der Waals surface area contributed by atoms with Gasteiger partial charge in [-0.15, -0.1) is 0 Å². The van der Waals surface area contributed by atoms with E-state index in [1.165, 1.54) is 11.1 Å². The van der Waals surface area contributed by atoms with Crippen molar-refractivity contribution >= 4 is 34.5 Å². The minimum atomic E-state index is -0.551. The summed E-state index contributed by atoms with van der Waals surface area (Å²) < 4.78 is 8.36. The van der Waals surface area contributed by atoms with Crippen LogP contribution in [0.1, 0.15) is 17.0 Å². The van der Waals surface area contributed by atoms with Gasteiger partial charge in [0.05, 0.1) is 18.8 Å². The summed E-state index contributed by atoms with van der Waals surface area (Å²) in [6.45, 7) is 0.411. The number of aliphatic hydroxyl groups is 1. The third kappa shape index (κ3) is 4.38. The molecule has 2 N–H and O–H groups in total. The predicted octanol–water partition coefficient (Wildman–Crippen LogP) is 5.51. The third-order valence-corrected chi connectivity index (χ3v) is 6.52. The quantitative estimate of drug-likeness (QED) is 0.310. The van der Waals surface area contributed by atoms with E-state index in [0.29, 0.717) is 11.5 Å². The molecule has 3 aromatic carbocycles. The highest BCUT2D eigenvalue weighted by atomic mass is 127. The minimum Gasteiger partial charge on any atom is -0.448 e. The highest BCUT2D eigenvalue weighted by molar-refractivity contribution is 14.1. The van der Waals surface area contributed by atoms with Gasteiger partial charge in [-0.3, -0.25) is 5.32 Å². The van der Waals surface area contributed by atoms with Crippen LogP contribution in [-0.2, 0) is 11.3 Å². The molecule has 7 heteroatoms. The van der Waals surface area contributed by atoms with E-state index in [9.17, 15) is 9.90 Å². The van der Waals surface area contributed by atoms with Gasteiger partial charge in [-0.05, 0) is 57.0 Å². The number of aliphatic hydroxyl groups excluding tert-OH is 1. The Bertz CT molecular complexity index is 1250. The average Bonchev–Trinajstić information content (AvgIpc) is 3.37.